The second-order valence-corrected chi connectivity index (χ2v) is 7.43. The molecule has 0 fully saturated rings. The lowest BCUT2D eigenvalue weighted by Gasteiger charge is -2.10. The number of aryl methyl sites for hydroxylation is 1. The summed E-state index contributed by atoms with van der Waals surface area (Å²) in [5.41, 5.74) is 9.02. The molecule has 0 radical (unpaired) electrons. The molecule has 134 valence electrons. The van der Waals surface area contributed by atoms with Crippen molar-refractivity contribution in [2.24, 2.45) is 10.7 Å². The Bertz CT molecular complexity index is 1020. The van der Waals surface area contributed by atoms with E-state index < -0.39 is 0 Å². The molecule has 0 aliphatic carbocycles. The topological polar surface area (TPSA) is 68.6 Å². The van der Waals surface area contributed by atoms with E-state index in [9.17, 15) is 4.79 Å². The van der Waals surface area contributed by atoms with Gasteiger partial charge in [-0.1, -0.05) is 53.7 Å². The number of halogens is 1. The quantitative estimate of drug-likeness (QED) is 0.386. The summed E-state index contributed by atoms with van der Waals surface area (Å²) >= 11 is 7.61. The number of fused-ring (bicyclic) bond motifs is 1. The molecule has 3 aromatic rings. The van der Waals surface area contributed by atoms with Gasteiger partial charge in [0.15, 0.2) is 5.17 Å². The lowest BCUT2D eigenvalue weighted by molar-refractivity contribution is 0.559. The van der Waals surface area contributed by atoms with Gasteiger partial charge in [-0.05, 0) is 42.7 Å². The van der Waals surface area contributed by atoms with Gasteiger partial charge in [0.25, 0.3) is 0 Å². The number of thioether (sulfide) groups is 1. The Morgan fingerprint density at radius 2 is 2.00 bits per heavy atom. The fourth-order valence-electron chi connectivity index (χ4n) is 2.65. The predicted octanol–water partition coefficient (Wildman–Crippen LogP) is 5.06. The zero-order valence-electron chi connectivity index (χ0n) is 14.5. The number of hydrogen-bond donors (Lipinski definition) is 1. The van der Waals surface area contributed by atoms with Crippen molar-refractivity contribution in [2.45, 2.75) is 25.6 Å². The number of amidine groups is 1. The number of aliphatic imine (C=N–C) groups is 1. The van der Waals surface area contributed by atoms with Crippen LogP contribution in [0.1, 0.15) is 29.7 Å². The Kier molecular flexibility index (Phi) is 5.69. The van der Waals surface area contributed by atoms with Crippen molar-refractivity contribution in [1.29, 1.82) is 0 Å². The van der Waals surface area contributed by atoms with Crippen LogP contribution >= 0.6 is 23.4 Å². The fourth-order valence-corrected chi connectivity index (χ4v) is 3.59. The van der Waals surface area contributed by atoms with Crippen LogP contribution in [0, 0.1) is 6.92 Å². The van der Waals surface area contributed by atoms with Crippen LogP contribution in [0.15, 0.2) is 62.7 Å². The maximum Gasteiger partial charge on any atom is 0.336 e. The highest BCUT2D eigenvalue weighted by molar-refractivity contribution is 8.13. The molecule has 0 saturated carbocycles. The van der Waals surface area contributed by atoms with E-state index in [1.165, 1.54) is 17.8 Å². The number of nitrogens with zero attached hydrogens (tertiary/aromatic N) is 1. The minimum Gasteiger partial charge on any atom is -0.423 e. The van der Waals surface area contributed by atoms with Crippen LogP contribution in [0.2, 0.25) is 5.02 Å². The van der Waals surface area contributed by atoms with Crippen LogP contribution in [0.4, 0.5) is 0 Å². The number of nitrogens with two attached hydrogens (primary N) is 1. The smallest absolute Gasteiger partial charge is 0.336 e. The molecular formula is C20H19ClN2O2S. The van der Waals surface area contributed by atoms with E-state index in [1.54, 1.807) is 6.07 Å². The lowest BCUT2D eigenvalue weighted by atomic mass is 10.1. The van der Waals surface area contributed by atoms with E-state index in [4.69, 9.17) is 21.8 Å². The molecule has 0 saturated heterocycles. The molecule has 0 unspecified atom stereocenters. The highest BCUT2D eigenvalue weighted by Gasteiger charge is 2.10. The molecular weight excluding hydrogens is 368 g/mol. The molecule has 0 amide bonds. The average molecular weight is 387 g/mol. The van der Waals surface area contributed by atoms with Crippen molar-refractivity contribution < 1.29 is 4.42 Å². The van der Waals surface area contributed by atoms with Crippen LogP contribution in [-0.4, -0.2) is 5.17 Å². The Morgan fingerprint density at radius 3 is 2.73 bits per heavy atom. The van der Waals surface area contributed by atoms with Crippen LogP contribution < -0.4 is 11.4 Å². The summed E-state index contributed by atoms with van der Waals surface area (Å²) in [6.07, 6.45) is 0. The van der Waals surface area contributed by atoms with Crippen LogP contribution in [0.5, 0.6) is 0 Å². The van der Waals surface area contributed by atoms with Crippen molar-refractivity contribution in [3.05, 3.63) is 80.7 Å². The van der Waals surface area contributed by atoms with E-state index >= 15 is 0 Å². The maximum absolute atomic E-state index is 11.8. The molecule has 1 heterocycles. The van der Waals surface area contributed by atoms with Gasteiger partial charge in [0, 0.05) is 22.2 Å². The molecule has 3 rings (SSSR count). The average Bonchev–Trinajstić information content (AvgIpc) is 2.62. The van der Waals surface area contributed by atoms with Gasteiger partial charge in [0.05, 0.1) is 6.04 Å². The molecule has 0 aliphatic heterocycles. The van der Waals surface area contributed by atoms with Crippen LogP contribution in [0.25, 0.3) is 11.0 Å². The lowest BCUT2D eigenvalue weighted by Crippen LogP contribution is -2.09. The van der Waals surface area contributed by atoms with Crippen molar-refractivity contribution in [1.82, 2.24) is 0 Å². The standard InChI is InChI=1S/C20H19ClN2O2S/c1-12-8-18-16(10-17(12)21)15(9-19(24)25-18)11-26-20(22)23-13(2)14-6-4-3-5-7-14/h3-10,13H,11H2,1-2H3,(H2,22,23)/t13-/m0/s1. The molecule has 0 aliphatic rings. The molecule has 0 spiro atoms. The largest absolute Gasteiger partial charge is 0.423 e. The second-order valence-electron chi connectivity index (χ2n) is 6.03. The van der Waals surface area contributed by atoms with Gasteiger partial charge in [0.1, 0.15) is 5.58 Å². The van der Waals surface area contributed by atoms with Gasteiger partial charge in [-0.3, -0.25) is 4.99 Å². The van der Waals surface area contributed by atoms with Gasteiger partial charge in [-0.15, -0.1) is 0 Å². The zero-order chi connectivity index (χ0) is 18.7. The van der Waals surface area contributed by atoms with Gasteiger partial charge in [-0.25, -0.2) is 4.79 Å². The molecule has 1 atom stereocenters. The first-order valence-electron chi connectivity index (χ1n) is 8.18. The fraction of sp³-hybridized carbons (Fsp3) is 0.200. The van der Waals surface area contributed by atoms with Gasteiger partial charge in [-0.2, -0.15) is 0 Å². The third-order valence-electron chi connectivity index (χ3n) is 4.09. The molecule has 6 heteroatoms. The summed E-state index contributed by atoms with van der Waals surface area (Å²) in [4.78, 5) is 16.4. The number of hydrogen-bond acceptors (Lipinski definition) is 4. The zero-order valence-corrected chi connectivity index (χ0v) is 16.1. The number of rotatable bonds is 4. The molecule has 26 heavy (non-hydrogen) atoms. The minimum absolute atomic E-state index is 0.0293. The first kappa shape index (κ1) is 18.5. The third-order valence-corrected chi connectivity index (χ3v) is 5.35. The van der Waals surface area contributed by atoms with Crippen molar-refractivity contribution in [3.63, 3.8) is 0 Å². The van der Waals surface area contributed by atoms with E-state index in [0.29, 0.717) is 21.5 Å². The van der Waals surface area contributed by atoms with E-state index in [2.05, 4.69) is 4.99 Å². The van der Waals surface area contributed by atoms with E-state index in [1.807, 2.05) is 50.2 Å². The Labute approximate surface area is 161 Å². The monoisotopic (exact) mass is 386 g/mol. The second kappa shape index (κ2) is 7.98. The molecule has 2 N–H and O–H groups in total. The molecule has 0 bridgehead atoms. The first-order valence-corrected chi connectivity index (χ1v) is 9.54. The maximum atomic E-state index is 11.8. The van der Waals surface area contributed by atoms with Crippen LogP contribution in [0.3, 0.4) is 0 Å². The predicted molar refractivity (Wildman–Crippen MR) is 110 cm³/mol. The van der Waals surface area contributed by atoms with Gasteiger partial charge >= 0.3 is 5.63 Å². The van der Waals surface area contributed by atoms with E-state index in [0.717, 1.165) is 22.1 Å². The molecule has 2 aromatic carbocycles. The Morgan fingerprint density at radius 1 is 1.27 bits per heavy atom. The Balaban J connectivity index is 1.82. The Hall–Kier alpha value is -2.24. The third kappa shape index (κ3) is 4.29. The summed E-state index contributed by atoms with van der Waals surface area (Å²) in [5, 5.41) is 1.93. The summed E-state index contributed by atoms with van der Waals surface area (Å²) in [6, 6.07) is 15.0. The highest BCUT2D eigenvalue weighted by Crippen LogP contribution is 2.27. The summed E-state index contributed by atoms with van der Waals surface area (Å²) < 4.78 is 5.28. The summed E-state index contributed by atoms with van der Waals surface area (Å²) in [6.45, 7) is 3.87. The van der Waals surface area contributed by atoms with E-state index in [-0.39, 0.29) is 11.7 Å². The number of benzene rings is 2. The van der Waals surface area contributed by atoms with Gasteiger partial charge < -0.3 is 10.2 Å². The summed E-state index contributed by atoms with van der Waals surface area (Å²) in [5.74, 6) is 0.512. The summed E-state index contributed by atoms with van der Waals surface area (Å²) in [7, 11) is 0. The molecule has 4 nitrogen and oxygen atoms in total. The minimum atomic E-state index is -0.386. The first-order chi connectivity index (χ1) is 12.4. The van der Waals surface area contributed by atoms with Crippen molar-refractivity contribution in [3.8, 4) is 0 Å². The van der Waals surface area contributed by atoms with Gasteiger partial charge in [0.2, 0.25) is 0 Å². The van der Waals surface area contributed by atoms with Crippen molar-refractivity contribution in [2.75, 3.05) is 0 Å². The SMILES string of the molecule is Cc1cc2oc(=O)cc(CSC(N)=N[C@@H](C)c3ccccc3)c2cc1Cl. The van der Waals surface area contributed by atoms with Crippen LogP contribution in [-0.2, 0) is 5.75 Å². The van der Waals surface area contributed by atoms with Crippen molar-refractivity contribution >= 4 is 39.5 Å². The molecule has 1 aromatic heterocycles. The normalized spacial score (nSPS) is 13.1. The highest BCUT2D eigenvalue weighted by atomic mass is 35.5.